The largest absolute Gasteiger partial charge is 0.497 e. The number of hydrogen-bond donors (Lipinski definition) is 1. The molecule has 0 aliphatic rings. The third-order valence-corrected chi connectivity index (χ3v) is 4.68. The van der Waals surface area contributed by atoms with Crippen LogP contribution in [0.5, 0.6) is 5.75 Å². The zero-order valence-corrected chi connectivity index (χ0v) is 14.9. The average Bonchev–Trinajstić information content (AvgIpc) is 2.64. The Morgan fingerprint density at radius 3 is 2.24 bits per heavy atom. The van der Waals surface area contributed by atoms with Gasteiger partial charge in [0.2, 0.25) is 0 Å². The second kappa shape index (κ2) is 7.26. The van der Waals surface area contributed by atoms with Crippen molar-refractivity contribution in [3.8, 4) is 5.75 Å². The number of nitrogens with zero attached hydrogens (tertiary/aromatic N) is 1. The van der Waals surface area contributed by atoms with E-state index < -0.39 is 5.60 Å². The fourth-order valence-corrected chi connectivity index (χ4v) is 3.21. The Labute approximate surface area is 152 Å². The highest BCUT2D eigenvalue weighted by molar-refractivity contribution is 6.30. The molecule has 0 radical (unpaired) electrons. The lowest BCUT2D eigenvalue weighted by Crippen LogP contribution is -2.31. The molecule has 25 heavy (non-hydrogen) atoms. The van der Waals surface area contributed by atoms with Crippen molar-refractivity contribution in [1.29, 1.82) is 0 Å². The smallest absolute Gasteiger partial charge is 0.118 e. The first-order valence-corrected chi connectivity index (χ1v) is 8.43. The van der Waals surface area contributed by atoms with E-state index in [-0.39, 0.29) is 5.92 Å². The summed E-state index contributed by atoms with van der Waals surface area (Å²) in [5, 5.41) is 12.1. The van der Waals surface area contributed by atoms with Gasteiger partial charge in [0, 0.05) is 11.2 Å². The quantitative estimate of drug-likeness (QED) is 0.717. The first kappa shape index (κ1) is 17.5. The van der Waals surface area contributed by atoms with Crippen molar-refractivity contribution in [3.63, 3.8) is 0 Å². The standard InChI is InChI=1S/C21H20ClNO2/c1-21(24,16-8-12-18(25-2)13-9-16)20(19-5-3-4-14-23-19)15-6-10-17(22)11-7-15/h3-14,20,24H,1-2H3. The SMILES string of the molecule is COc1ccc(C(C)(O)C(c2ccc(Cl)cc2)c2ccccn2)cc1. The molecule has 4 heteroatoms. The Bertz CT molecular complexity index is 815. The van der Waals surface area contributed by atoms with Gasteiger partial charge in [0.25, 0.3) is 0 Å². The molecule has 2 unspecified atom stereocenters. The van der Waals surface area contributed by atoms with Crippen molar-refractivity contribution in [2.75, 3.05) is 7.11 Å². The lowest BCUT2D eigenvalue weighted by atomic mass is 9.76. The van der Waals surface area contributed by atoms with Gasteiger partial charge in [-0.2, -0.15) is 0 Å². The molecule has 1 heterocycles. The molecule has 0 saturated heterocycles. The Hall–Kier alpha value is -2.36. The fraction of sp³-hybridized carbons (Fsp3) is 0.190. The highest BCUT2D eigenvalue weighted by atomic mass is 35.5. The topological polar surface area (TPSA) is 42.4 Å². The predicted octanol–water partition coefficient (Wildman–Crippen LogP) is 4.78. The van der Waals surface area contributed by atoms with E-state index in [0.717, 1.165) is 22.6 Å². The average molecular weight is 354 g/mol. The van der Waals surface area contributed by atoms with Gasteiger partial charge in [-0.1, -0.05) is 41.9 Å². The highest BCUT2D eigenvalue weighted by Gasteiger charge is 2.37. The summed E-state index contributed by atoms with van der Waals surface area (Å²) < 4.78 is 5.22. The molecule has 0 amide bonds. The molecule has 0 fully saturated rings. The van der Waals surface area contributed by atoms with E-state index in [1.54, 1.807) is 13.3 Å². The maximum absolute atomic E-state index is 11.5. The second-order valence-corrected chi connectivity index (χ2v) is 6.55. The van der Waals surface area contributed by atoms with Crippen LogP contribution in [0.15, 0.2) is 72.9 Å². The minimum Gasteiger partial charge on any atom is -0.497 e. The number of methoxy groups -OCH3 is 1. The molecule has 3 nitrogen and oxygen atoms in total. The Morgan fingerprint density at radius 1 is 1.00 bits per heavy atom. The van der Waals surface area contributed by atoms with Gasteiger partial charge in [0.05, 0.1) is 24.3 Å². The van der Waals surface area contributed by atoms with Gasteiger partial charge in [0.1, 0.15) is 5.75 Å². The summed E-state index contributed by atoms with van der Waals surface area (Å²) in [5.74, 6) is 0.416. The Kier molecular flexibility index (Phi) is 5.07. The number of pyridine rings is 1. The summed E-state index contributed by atoms with van der Waals surface area (Å²) in [7, 11) is 1.62. The maximum atomic E-state index is 11.5. The van der Waals surface area contributed by atoms with Crippen LogP contribution in [0.25, 0.3) is 0 Å². The lowest BCUT2D eigenvalue weighted by molar-refractivity contribution is 0.0380. The van der Waals surface area contributed by atoms with Crippen molar-refractivity contribution < 1.29 is 9.84 Å². The molecule has 0 saturated carbocycles. The molecule has 0 aliphatic heterocycles. The number of hydrogen-bond acceptors (Lipinski definition) is 3. The molecule has 0 bridgehead atoms. The predicted molar refractivity (Wildman–Crippen MR) is 100 cm³/mol. The minimum atomic E-state index is -1.16. The zero-order valence-electron chi connectivity index (χ0n) is 14.2. The van der Waals surface area contributed by atoms with E-state index in [9.17, 15) is 5.11 Å². The molecule has 2 aromatic carbocycles. The van der Waals surface area contributed by atoms with Crippen LogP contribution in [0.3, 0.4) is 0 Å². The summed E-state index contributed by atoms with van der Waals surface area (Å²) in [6.07, 6.45) is 1.74. The molecule has 3 rings (SSSR count). The third-order valence-electron chi connectivity index (χ3n) is 4.42. The number of aromatic nitrogens is 1. The molecule has 0 spiro atoms. The van der Waals surface area contributed by atoms with E-state index in [1.165, 1.54) is 0 Å². The van der Waals surface area contributed by atoms with Crippen molar-refractivity contribution in [3.05, 3.63) is 94.8 Å². The number of aliphatic hydroxyl groups is 1. The summed E-state index contributed by atoms with van der Waals surface area (Å²) >= 11 is 6.03. The van der Waals surface area contributed by atoms with Crippen molar-refractivity contribution in [2.24, 2.45) is 0 Å². The van der Waals surface area contributed by atoms with E-state index in [1.807, 2.05) is 73.7 Å². The summed E-state index contributed by atoms with van der Waals surface area (Å²) in [5.41, 5.74) is 1.38. The van der Waals surface area contributed by atoms with E-state index in [0.29, 0.717) is 5.02 Å². The first-order chi connectivity index (χ1) is 12.0. The van der Waals surface area contributed by atoms with E-state index in [2.05, 4.69) is 4.98 Å². The lowest BCUT2D eigenvalue weighted by Gasteiger charge is -2.33. The van der Waals surface area contributed by atoms with Gasteiger partial charge in [-0.05, 0) is 54.4 Å². The monoisotopic (exact) mass is 353 g/mol. The summed E-state index contributed by atoms with van der Waals surface area (Å²) in [6.45, 7) is 1.81. The maximum Gasteiger partial charge on any atom is 0.118 e. The zero-order chi connectivity index (χ0) is 17.9. The van der Waals surface area contributed by atoms with E-state index in [4.69, 9.17) is 16.3 Å². The summed E-state index contributed by atoms with van der Waals surface area (Å²) in [6, 6.07) is 20.7. The molecule has 128 valence electrons. The van der Waals surface area contributed by atoms with Gasteiger partial charge < -0.3 is 9.84 Å². The highest BCUT2D eigenvalue weighted by Crippen LogP contribution is 2.41. The van der Waals surface area contributed by atoms with Crippen LogP contribution in [-0.4, -0.2) is 17.2 Å². The fourth-order valence-electron chi connectivity index (χ4n) is 3.08. The minimum absolute atomic E-state index is 0.334. The molecule has 2 atom stereocenters. The van der Waals surface area contributed by atoms with Crippen molar-refractivity contribution in [1.82, 2.24) is 4.98 Å². The molecule has 3 aromatic rings. The van der Waals surface area contributed by atoms with Gasteiger partial charge in [-0.25, -0.2) is 0 Å². The van der Waals surface area contributed by atoms with Gasteiger partial charge >= 0.3 is 0 Å². The molecular weight excluding hydrogens is 334 g/mol. The van der Waals surface area contributed by atoms with Crippen LogP contribution in [0.4, 0.5) is 0 Å². The third kappa shape index (κ3) is 3.68. The van der Waals surface area contributed by atoms with Gasteiger partial charge in [0.15, 0.2) is 0 Å². The molecular formula is C21H20ClNO2. The number of halogens is 1. The Balaban J connectivity index is 2.10. The van der Waals surface area contributed by atoms with Crippen LogP contribution in [-0.2, 0) is 5.60 Å². The van der Waals surface area contributed by atoms with Crippen LogP contribution in [0, 0.1) is 0 Å². The number of rotatable bonds is 5. The molecule has 1 N–H and O–H groups in total. The molecule has 0 aliphatic carbocycles. The van der Waals surface area contributed by atoms with Gasteiger partial charge in [-0.15, -0.1) is 0 Å². The van der Waals surface area contributed by atoms with Crippen LogP contribution < -0.4 is 4.74 Å². The van der Waals surface area contributed by atoms with Crippen molar-refractivity contribution in [2.45, 2.75) is 18.4 Å². The van der Waals surface area contributed by atoms with Crippen LogP contribution in [0.1, 0.15) is 29.7 Å². The van der Waals surface area contributed by atoms with E-state index >= 15 is 0 Å². The first-order valence-electron chi connectivity index (χ1n) is 8.05. The van der Waals surface area contributed by atoms with Crippen LogP contribution >= 0.6 is 11.6 Å². The second-order valence-electron chi connectivity index (χ2n) is 6.12. The van der Waals surface area contributed by atoms with Gasteiger partial charge in [-0.3, -0.25) is 4.98 Å². The Morgan fingerprint density at radius 2 is 1.68 bits per heavy atom. The number of benzene rings is 2. The normalized spacial score (nSPS) is 14.6. The van der Waals surface area contributed by atoms with Crippen LogP contribution in [0.2, 0.25) is 5.02 Å². The number of ether oxygens (including phenoxy) is 1. The summed E-state index contributed by atoms with van der Waals surface area (Å²) in [4.78, 5) is 4.49. The molecule has 1 aromatic heterocycles. The van der Waals surface area contributed by atoms with Crippen molar-refractivity contribution >= 4 is 11.6 Å².